The van der Waals surface area contributed by atoms with Gasteiger partial charge in [-0.25, -0.2) is 9.78 Å². The Labute approximate surface area is 223 Å². The molecule has 206 valence electrons. The fourth-order valence-electron chi connectivity index (χ4n) is 4.18. The van der Waals surface area contributed by atoms with Crippen LogP contribution in [-0.2, 0) is 6.18 Å². The van der Waals surface area contributed by atoms with Crippen molar-refractivity contribution < 1.29 is 32.2 Å². The Morgan fingerprint density at radius 3 is 2.23 bits per heavy atom. The van der Waals surface area contributed by atoms with Crippen molar-refractivity contribution in [1.82, 2.24) is 9.88 Å². The molecule has 0 saturated carbocycles. The SMILES string of the molecule is COc1cc(OC)cc(C(=O)N2CCCN(c3ccc(NC(=O)Nc4cccc(C(F)(F)F)c4)cn3)CC2)c1. The van der Waals surface area contributed by atoms with Gasteiger partial charge in [0.15, 0.2) is 0 Å². The highest BCUT2D eigenvalue weighted by Crippen LogP contribution is 2.30. The molecule has 2 aromatic carbocycles. The van der Waals surface area contributed by atoms with Crippen molar-refractivity contribution in [2.24, 2.45) is 0 Å². The van der Waals surface area contributed by atoms with Gasteiger partial charge in [0, 0.05) is 43.5 Å². The maximum atomic E-state index is 13.2. The first-order chi connectivity index (χ1) is 18.7. The van der Waals surface area contributed by atoms with Gasteiger partial charge in [0.2, 0.25) is 0 Å². The number of anilines is 3. The molecule has 2 heterocycles. The second-order valence-electron chi connectivity index (χ2n) is 8.80. The highest BCUT2D eigenvalue weighted by molar-refractivity contribution is 5.99. The van der Waals surface area contributed by atoms with E-state index in [1.54, 1.807) is 35.2 Å². The predicted molar refractivity (Wildman–Crippen MR) is 141 cm³/mol. The van der Waals surface area contributed by atoms with E-state index in [2.05, 4.69) is 15.6 Å². The Morgan fingerprint density at radius 1 is 0.872 bits per heavy atom. The Bertz CT molecular complexity index is 1300. The first-order valence-corrected chi connectivity index (χ1v) is 12.1. The molecule has 1 aliphatic rings. The summed E-state index contributed by atoms with van der Waals surface area (Å²) in [6.07, 6.45) is -2.31. The summed E-state index contributed by atoms with van der Waals surface area (Å²) in [7, 11) is 3.06. The van der Waals surface area contributed by atoms with Crippen LogP contribution in [0, 0.1) is 0 Å². The van der Waals surface area contributed by atoms with E-state index in [9.17, 15) is 22.8 Å². The van der Waals surface area contributed by atoms with Gasteiger partial charge in [-0.15, -0.1) is 0 Å². The number of hydrogen-bond donors (Lipinski definition) is 2. The topological polar surface area (TPSA) is 96.0 Å². The smallest absolute Gasteiger partial charge is 0.416 e. The number of nitrogens with one attached hydrogen (secondary N) is 2. The van der Waals surface area contributed by atoms with Crippen LogP contribution >= 0.6 is 0 Å². The van der Waals surface area contributed by atoms with Crippen LogP contribution in [0.15, 0.2) is 60.8 Å². The number of urea groups is 1. The van der Waals surface area contributed by atoms with Crippen molar-refractivity contribution in [3.8, 4) is 11.5 Å². The summed E-state index contributed by atoms with van der Waals surface area (Å²) in [5, 5.41) is 4.96. The van der Waals surface area contributed by atoms with Crippen molar-refractivity contribution in [3.05, 3.63) is 71.9 Å². The lowest BCUT2D eigenvalue weighted by molar-refractivity contribution is -0.137. The minimum Gasteiger partial charge on any atom is -0.497 e. The number of aromatic nitrogens is 1. The van der Waals surface area contributed by atoms with Crippen LogP contribution in [0.25, 0.3) is 0 Å². The molecule has 0 bridgehead atoms. The number of carbonyl (C=O) groups is 2. The summed E-state index contributed by atoms with van der Waals surface area (Å²) in [6, 6.07) is 12.2. The van der Waals surface area contributed by atoms with Crippen LogP contribution in [0.3, 0.4) is 0 Å². The summed E-state index contributed by atoms with van der Waals surface area (Å²) in [5.41, 5.74) is 0.0219. The molecule has 0 atom stereocenters. The Hall–Kier alpha value is -4.48. The lowest BCUT2D eigenvalue weighted by Crippen LogP contribution is -2.35. The monoisotopic (exact) mass is 543 g/mol. The molecule has 1 saturated heterocycles. The maximum absolute atomic E-state index is 13.2. The molecule has 12 heteroatoms. The number of nitrogens with zero attached hydrogens (tertiary/aromatic N) is 3. The standard InChI is InChI=1S/C27H28F3N5O4/c1-38-22-13-18(14-23(16-22)39-2)25(36)35-10-4-9-34(11-12-35)24-8-7-21(17-31-24)33-26(37)32-20-6-3-5-19(15-20)27(28,29)30/h3,5-8,13-17H,4,9-12H2,1-2H3,(H2,32,33,37). The highest BCUT2D eigenvalue weighted by atomic mass is 19.4. The van der Waals surface area contributed by atoms with Crippen LogP contribution in [0.1, 0.15) is 22.3 Å². The van der Waals surface area contributed by atoms with Gasteiger partial charge in [-0.3, -0.25) is 4.79 Å². The number of alkyl halides is 3. The normalized spacial score (nSPS) is 13.9. The van der Waals surface area contributed by atoms with E-state index >= 15 is 0 Å². The third kappa shape index (κ3) is 7.09. The molecule has 0 spiro atoms. The van der Waals surface area contributed by atoms with Gasteiger partial charge in [-0.2, -0.15) is 13.2 Å². The molecule has 0 unspecified atom stereocenters. The Balaban J connectivity index is 1.34. The highest BCUT2D eigenvalue weighted by Gasteiger charge is 2.30. The summed E-state index contributed by atoms with van der Waals surface area (Å²) >= 11 is 0. The fraction of sp³-hybridized carbons (Fsp3) is 0.296. The van der Waals surface area contributed by atoms with Crippen molar-refractivity contribution in [1.29, 1.82) is 0 Å². The van der Waals surface area contributed by atoms with Crippen LogP contribution in [-0.4, -0.2) is 62.2 Å². The summed E-state index contributed by atoms with van der Waals surface area (Å²) in [4.78, 5) is 33.7. The van der Waals surface area contributed by atoms with Crippen molar-refractivity contribution in [2.75, 3.05) is 55.9 Å². The lowest BCUT2D eigenvalue weighted by Gasteiger charge is -2.23. The minimum atomic E-state index is -4.51. The molecule has 2 N–H and O–H groups in total. The number of hydrogen-bond acceptors (Lipinski definition) is 6. The lowest BCUT2D eigenvalue weighted by atomic mass is 10.1. The molecule has 39 heavy (non-hydrogen) atoms. The molecular formula is C27H28F3N5O4. The molecule has 0 radical (unpaired) electrons. The Kier molecular flexibility index (Phi) is 8.43. The van der Waals surface area contributed by atoms with E-state index in [0.29, 0.717) is 54.7 Å². The zero-order valence-corrected chi connectivity index (χ0v) is 21.4. The average molecular weight is 544 g/mol. The third-order valence-corrected chi connectivity index (χ3v) is 6.16. The molecule has 1 fully saturated rings. The van der Waals surface area contributed by atoms with Crippen molar-refractivity contribution >= 4 is 29.1 Å². The summed E-state index contributed by atoms with van der Waals surface area (Å²) in [6.45, 7) is 2.30. The number of pyridine rings is 1. The molecule has 3 aromatic rings. The number of methoxy groups -OCH3 is 2. The zero-order chi connectivity index (χ0) is 28.0. The van der Waals surface area contributed by atoms with Crippen LogP contribution in [0.2, 0.25) is 0 Å². The van der Waals surface area contributed by atoms with Gasteiger partial charge in [0.1, 0.15) is 17.3 Å². The van der Waals surface area contributed by atoms with E-state index < -0.39 is 17.8 Å². The predicted octanol–water partition coefficient (Wildman–Crippen LogP) is 5.11. The molecule has 1 aromatic heterocycles. The number of rotatable bonds is 6. The fourth-order valence-corrected chi connectivity index (χ4v) is 4.18. The second-order valence-corrected chi connectivity index (χ2v) is 8.80. The van der Waals surface area contributed by atoms with E-state index in [4.69, 9.17) is 9.47 Å². The number of ether oxygens (including phenoxy) is 2. The molecule has 9 nitrogen and oxygen atoms in total. The largest absolute Gasteiger partial charge is 0.497 e. The van der Waals surface area contributed by atoms with Crippen molar-refractivity contribution in [2.45, 2.75) is 12.6 Å². The zero-order valence-electron chi connectivity index (χ0n) is 21.4. The van der Waals surface area contributed by atoms with Crippen LogP contribution in [0.5, 0.6) is 11.5 Å². The molecule has 0 aliphatic carbocycles. The van der Waals surface area contributed by atoms with Gasteiger partial charge < -0.3 is 29.9 Å². The van der Waals surface area contributed by atoms with Gasteiger partial charge in [-0.05, 0) is 48.9 Å². The first kappa shape index (κ1) is 27.6. The second kappa shape index (κ2) is 11.9. The van der Waals surface area contributed by atoms with E-state index in [-0.39, 0.29) is 11.6 Å². The van der Waals surface area contributed by atoms with Gasteiger partial charge >= 0.3 is 12.2 Å². The van der Waals surface area contributed by atoms with E-state index in [1.165, 1.54) is 32.5 Å². The first-order valence-electron chi connectivity index (χ1n) is 12.1. The average Bonchev–Trinajstić information content (AvgIpc) is 3.19. The van der Waals surface area contributed by atoms with Gasteiger partial charge in [-0.1, -0.05) is 6.07 Å². The van der Waals surface area contributed by atoms with E-state index in [0.717, 1.165) is 18.6 Å². The number of benzene rings is 2. The van der Waals surface area contributed by atoms with E-state index in [1.807, 2.05) is 4.90 Å². The van der Waals surface area contributed by atoms with Crippen LogP contribution < -0.4 is 25.0 Å². The maximum Gasteiger partial charge on any atom is 0.416 e. The number of halogens is 3. The summed E-state index contributed by atoms with van der Waals surface area (Å²) in [5.74, 6) is 1.63. The van der Waals surface area contributed by atoms with Gasteiger partial charge in [0.25, 0.3) is 5.91 Å². The molecule has 4 rings (SSSR count). The quantitative estimate of drug-likeness (QED) is 0.449. The third-order valence-electron chi connectivity index (χ3n) is 6.16. The number of carbonyl (C=O) groups excluding carboxylic acids is 2. The molecule has 3 amide bonds. The Morgan fingerprint density at radius 2 is 1.59 bits per heavy atom. The number of amides is 3. The minimum absolute atomic E-state index is 0.0166. The summed E-state index contributed by atoms with van der Waals surface area (Å²) < 4.78 is 49.2. The van der Waals surface area contributed by atoms with Gasteiger partial charge in [0.05, 0.1) is 31.7 Å². The molecular weight excluding hydrogens is 515 g/mol. The molecule has 1 aliphatic heterocycles. The van der Waals surface area contributed by atoms with Crippen LogP contribution in [0.4, 0.5) is 35.2 Å². The van der Waals surface area contributed by atoms with Crippen molar-refractivity contribution in [3.63, 3.8) is 0 Å².